The number of hydrogen-bond donors (Lipinski definition) is 1. The second-order valence-electron chi connectivity index (χ2n) is 6.19. The molecule has 0 atom stereocenters. The Kier molecular flexibility index (Phi) is 3.09. The minimum Gasteiger partial charge on any atom is -0.426 e. The number of hydrogen-bond acceptors (Lipinski definition) is 3. The van der Waals surface area contributed by atoms with Crippen molar-refractivity contribution >= 4 is 5.97 Å². The van der Waals surface area contributed by atoms with Crippen LogP contribution in [0.15, 0.2) is 30.3 Å². The molecule has 3 aliphatic carbocycles. The average molecular weight is 259 g/mol. The molecule has 0 unspecified atom stereocenters. The lowest BCUT2D eigenvalue weighted by Crippen LogP contribution is -2.49. The summed E-state index contributed by atoms with van der Waals surface area (Å²) in [5, 5.41) is 0. The molecule has 3 nitrogen and oxygen atoms in total. The number of fused-ring (bicyclic) bond motifs is 3. The summed E-state index contributed by atoms with van der Waals surface area (Å²) < 4.78 is 5.57. The van der Waals surface area contributed by atoms with Crippen LogP contribution in [0.4, 0.5) is 0 Å². The van der Waals surface area contributed by atoms with E-state index >= 15 is 0 Å². The summed E-state index contributed by atoms with van der Waals surface area (Å²) in [6.07, 6.45) is 6.05. The number of ether oxygens (including phenoxy) is 1. The summed E-state index contributed by atoms with van der Waals surface area (Å²) in [6.45, 7) is 0.761. The molecule has 0 aliphatic heterocycles. The summed E-state index contributed by atoms with van der Waals surface area (Å²) in [4.78, 5) is 12.5. The molecule has 3 fully saturated rings. The zero-order chi connectivity index (χ0) is 13.3. The van der Waals surface area contributed by atoms with Crippen molar-refractivity contribution in [3.63, 3.8) is 0 Å². The number of esters is 1. The number of para-hydroxylation sites is 1. The van der Waals surface area contributed by atoms with E-state index in [1.165, 1.54) is 0 Å². The van der Waals surface area contributed by atoms with Crippen molar-refractivity contribution in [2.75, 3.05) is 6.54 Å². The van der Waals surface area contributed by atoms with Gasteiger partial charge in [-0.2, -0.15) is 0 Å². The Morgan fingerprint density at radius 2 is 1.63 bits per heavy atom. The fraction of sp³-hybridized carbons (Fsp3) is 0.562. The highest BCUT2D eigenvalue weighted by atomic mass is 16.5. The molecule has 0 saturated heterocycles. The molecular weight excluding hydrogens is 238 g/mol. The van der Waals surface area contributed by atoms with Crippen molar-refractivity contribution in [3.05, 3.63) is 30.3 Å². The van der Waals surface area contributed by atoms with E-state index in [0.717, 1.165) is 45.1 Å². The zero-order valence-electron chi connectivity index (χ0n) is 11.2. The first-order chi connectivity index (χ1) is 9.18. The first-order valence-corrected chi connectivity index (χ1v) is 7.16. The maximum Gasteiger partial charge on any atom is 0.317 e. The van der Waals surface area contributed by atoms with Crippen molar-refractivity contribution in [2.24, 2.45) is 16.6 Å². The smallest absolute Gasteiger partial charge is 0.317 e. The predicted octanol–water partition coefficient (Wildman–Crippen LogP) is 2.89. The van der Waals surface area contributed by atoms with Crippen LogP contribution in [0.2, 0.25) is 0 Å². The van der Waals surface area contributed by atoms with Gasteiger partial charge in [-0.1, -0.05) is 18.2 Å². The second-order valence-corrected chi connectivity index (χ2v) is 6.19. The molecule has 1 aromatic rings. The first kappa shape index (κ1) is 12.7. The number of carbonyl (C=O) groups excluding carboxylic acids is 1. The van der Waals surface area contributed by atoms with E-state index in [-0.39, 0.29) is 11.4 Å². The second kappa shape index (κ2) is 4.64. The summed E-state index contributed by atoms with van der Waals surface area (Å²) >= 11 is 0. The van der Waals surface area contributed by atoms with E-state index in [1.54, 1.807) is 0 Å². The monoisotopic (exact) mass is 259 g/mol. The summed E-state index contributed by atoms with van der Waals surface area (Å²) in [5.41, 5.74) is 5.97. The molecule has 3 saturated carbocycles. The standard InChI is InChI=1S/C16H21NO2/c17-12-15-6-9-16(10-7-15,11-8-15)14(18)19-13-4-2-1-3-5-13/h1-5H,6-12,17H2. The highest BCUT2D eigenvalue weighted by Gasteiger charge is 2.52. The molecule has 19 heavy (non-hydrogen) atoms. The van der Waals surface area contributed by atoms with Crippen LogP contribution in [0.3, 0.4) is 0 Å². The van der Waals surface area contributed by atoms with Gasteiger partial charge in [0.05, 0.1) is 5.41 Å². The molecule has 2 N–H and O–H groups in total. The third-order valence-electron chi connectivity index (χ3n) is 5.22. The minimum atomic E-state index is -0.243. The van der Waals surface area contributed by atoms with Crippen LogP contribution in [0.1, 0.15) is 38.5 Å². The van der Waals surface area contributed by atoms with E-state index in [2.05, 4.69) is 0 Å². The van der Waals surface area contributed by atoms with Gasteiger partial charge in [-0.15, -0.1) is 0 Å². The number of carbonyl (C=O) groups is 1. The van der Waals surface area contributed by atoms with Gasteiger partial charge in [0.1, 0.15) is 5.75 Å². The molecule has 3 aliphatic rings. The number of benzene rings is 1. The van der Waals surface area contributed by atoms with Gasteiger partial charge in [0.25, 0.3) is 0 Å². The van der Waals surface area contributed by atoms with Crippen LogP contribution in [0.5, 0.6) is 5.75 Å². The third kappa shape index (κ3) is 2.16. The van der Waals surface area contributed by atoms with Crippen molar-refractivity contribution in [3.8, 4) is 5.75 Å². The quantitative estimate of drug-likeness (QED) is 0.670. The summed E-state index contributed by atoms with van der Waals surface area (Å²) in [7, 11) is 0. The fourth-order valence-electron chi connectivity index (χ4n) is 3.58. The SMILES string of the molecule is NCC12CCC(C(=O)Oc3ccccc3)(CC1)CC2. The van der Waals surface area contributed by atoms with Gasteiger partial charge in [0, 0.05) is 0 Å². The van der Waals surface area contributed by atoms with Gasteiger partial charge in [-0.05, 0) is 62.6 Å². The molecule has 0 amide bonds. The Hall–Kier alpha value is -1.35. The van der Waals surface area contributed by atoms with Gasteiger partial charge < -0.3 is 10.5 Å². The summed E-state index contributed by atoms with van der Waals surface area (Å²) in [5.74, 6) is 0.618. The molecule has 0 spiro atoms. The van der Waals surface area contributed by atoms with Gasteiger partial charge in [0.2, 0.25) is 0 Å². The largest absolute Gasteiger partial charge is 0.426 e. The van der Waals surface area contributed by atoms with E-state index < -0.39 is 0 Å². The van der Waals surface area contributed by atoms with Gasteiger partial charge in [-0.3, -0.25) is 4.79 Å². The van der Waals surface area contributed by atoms with Crippen molar-refractivity contribution in [2.45, 2.75) is 38.5 Å². The van der Waals surface area contributed by atoms with Crippen LogP contribution in [-0.4, -0.2) is 12.5 Å². The molecule has 0 aromatic heterocycles. The van der Waals surface area contributed by atoms with Crippen molar-refractivity contribution in [1.29, 1.82) is 0 Å². The Labute approximate surface area is 114 Å². The lowest BCUT2D eigenvalue weighted by atomic mass is 9.54. The van der Waals surface area contributed by atoms with E-state index in [9.17, 15) is 4.79 Å². The Morgan fingerprint density at radius 1 is 1.05 bits per heavy atom. The minimum absolute atomic E-state index is 0.0379. The highest BCUT2D eigenvalue weighted by molar-refractivity contribution is 5.79. The van der Waals surface area contributed by atoms with E-state index in [0.29, 0.717) is 11.2 Å². The third-order valence-corrected chi connectivity index (χ3v) is 5.22. The molecule has 1 aromatic carbocycles. The van der Waals surface area contributed by atoms with Gasteiger partial charge in [-0.25, -0.2) is 0 Å². The fourth-order valence-corrected chi connectivity index (χ4v) is 3.58. The maximum atomic E-state index is 12.5. The normalized spacial score (nSPS) is 33.1. The van der Waals surface area contributed by atoms with Crippen LogP contribution in [-0.2, 0) is 4.79 Å². The Balaban J connectivity index is 1.71. The maximum absolute atomic E-state index is 12.5. The Morgan fingerprint density at radius 3 is 2.16 bits per heavy atom. The van der Waals surface area contributed by atoms with Crippen LogP contribution < -0.4 is 10.5 Å². The molecule has 102 valence electrons. The van der Waals surface area contributed by atoms with Crippen LogP contribution in [0.25, 0.3) is 0 Å². The van der Waals surface area contributed by atoms with Crippen LogP contribution >= 0.6 is 0 Å². The highest BCUT2D eigenvalue weighted by Crippen LogP contribution is 2.56. The molecule has 0 radical (unpaired) electrons. The molecular formula is C16H21NO2. The topological polar surface area (TPSA) is 52.3 Å². The van der Waals surface area contributed by atoms with Gasteiger partial charge >= 0.3 is 5.97 Å². The lowest BCUT2D eigenvalue weighted by Gasteiger charge is -2.51. The number of nitrogens with two attached hydrogens (primary N) is 1. The van der Waals surface area contributed by atoms with Crippen molar-refractivity contribution in [1.82, 2.24) is 0 Å². The Bertz CT molecular complexity index is 444. The average Bonchev–Trinajstić information content (AvgIpc) is 2.50. The first-order valence-electron chi connectivity index (χ1n) is 7.16. The zero-order valence-corrected chi connectivity index (χ0v) is 11.2. The van der Waals surface area contributed by atoms with E-state index in [1.807, 2.05) is 30.3 Å². The molecule has 4 rings (SSSR count). The molecule has 0 heterocycles. The van der Waals surface area contributed by atoms with Crippen molar-refractivity contribution < 1.29 is 9.53 Å². The number of rotatable bonds is 3. The van der Waals surface area contributed by atoms with E-state index in [4.69, 9.17) is 10.5 Å². The predicted molar refractivity (Wildman–Crippen MR) is 73.7 cm³/mol. The van der Waals surface area contributed by atoms with Gasteiger partial charge in [0.15, 0.2) is 0 Å². The summed E-state index contributed by atoms with van der Waals surface area (Å²) in [6, 6.07) is 9.38. The molecule has 2 bridgehead atoms. The molecule has 3 heteroatoms. The lowest BCUT2D eigenvalue weighted by molar-refractivity contribution is -0.155. The van der Waals surface area contributed by atoms with Crippen LogP contribution in [0, 0.1) is 10.8 Å².